The number of thiophene rings is 1. The average Bonchev–Trinajstić information content (AvgIpc) is 3.28. The maximum absolute atomic E-state index is 12.3. The Bertz CT molecular complexity index is 825. The molecular weight excluding hydrogens is 340 g/mol. The van der Waals surface area contributed by atoms with Crippen LogP contribution in [0.15, 0.2) is 36.0 Å². The zero-order valence-electron chi connectivity index (χ0n) is 14.0. The number of nitrogens with zero attached hydrogens (tertiary/aromatic N) is 5. The molecule has 25 heavy (non-hydrogen) atoms. The lowest BCUT2D eigenvalue weighted by Crippen LogP contribution is -2.36. The molecule has 0 fully saturated rings. The molecule has 8 nitrogen and oxygen atoms in total. The number of aryl methyl sites for hydroxylation is 1. The maximum atomic E-state index is 12.3. The first-order valence-corrected chi connectivity index (χ1v) is 8.82. The minimum absolute atomic E-state index is 0.103. The van der Waals surface area contributed by atoms with Gasteiger partial charge in [0.05, 0.1) is 25.0 Å². The maximum Gasteiger partial charge on any atom is 0.273 e. The lowest BCUT2D eigenvalue weighted by atomic mass is 10.3. The molecule has 2 atom stereocenters. The van der Waals surface area contributed by atoms with Crippen molar-refractivity contribution in [2.24, 2.45) is 0 Å². The topological polar surface area (TPSA) is 97.9 Å². The minimum Gasteiger partial charge on any atom is -0.386 e. The van der Waals surface area contributed by atoms with Crippen LogP contribution in [0.25, 0.3) is 0 Å². The van der Waals surface area contributed by atoms with Crippen LogP contribution < -0.4 is 5.32 Å². The van der Waals surface area contributed by atoms with Crippen LogP contribution in [-0.4, -0.2) is 41.8 Å². The fraction of sp³-hybridized carbons (Fsp3) is 0.375. The molecule has 0 spiro atoms. The number of aliphatic hydroxyl groups is 1. The SMILES string of the molecule is Cc1ccn(C[C@@H](C)NC(=O)c2cn(C[C@H](O)c3cccs3)nn2)n1. The van der Waals surface area contributed by atoms with Crippen molar-refractivity contribution in [3.05, 3.63) is 52.2 Å². The van der Waals surface area contributed by atoms with Gasteiger partial charge in [-0.25, -0.2) is 4.68 Å². The van der Waals surface area contributed by atoms with Gasteiger partial charge in [0.1, 0.15) is 6.10 Å². The van der Waals surface area contributed by atoms with E-state index in [4.69, 9.17) is 0 Å². The summed E-state index contributed by atoms with van der Waals surface area (Å²) in [5.41, 5.74) is 1.16. The molecule has 3 rings (SSSR count). The number of rotatable bonds is 7. The predicted molar refractivity (Wildman–Crippen MR) is 93.2 cm³/mol. The number of carbonyl (C=O) groups excluding carboxylic acids is 1. The summed E-state index contributed by atoms with van der Waals surface area (Å²) in [4.78, 5) is 13.1. The highest BCUT2D eigenvalue weighted by molar-refractivity contribution is 7.10. The third-order valence-corrected chi connectivity index (χ3v) is 4.59. The Morgan fingerprint density at radius 3 is 2.88 bits per heavy atom. The Balaban J connectivity index is 1.55. The van der Waals surface area contributed by atoms with Crippen LogP contribution in [-0.2, 0) is 13.1 Å². The standard InChI is InChI=1S/C16H20N6O2S/c1-11-5-6-21(19-11)8-12(2)17-16(24)13-9-22(20-18-13)10-14(23)15-4-3-7-25-15/h3-7,9,12,14,23H,8,10H2,1-2H3,(H,17,24)/t12-,14+/m1/s1. The largest absolute Gasteiger partial charge is 0.386 e. The van der Waals surface area contributed by atoms with Gasteiger partial charge in [-0.3, -0.25) is 9.48 Å². The number of aliphatic hydroxyl groups excluding tert-OH is 1. The molecule has 0 aromatic carbocycles. The number of nitrogens with one attached hydrogen (secondary N) is 1. The van der Waals surface area contributed by atoms with E-state index in [0.717, 1.165) is 10.6 Å². The molecule has 0 aliphatic heterocycles. The van der Waals surface area contributed by atoms with E-state index in [1.807, 2.05) is 43.6 Å². The van der Waals surface area contributed by atoms with Crippen LogP contribution in [0.4, 0.5) is 0 Å². The second kappa shape index (κ2) is 7.58. The summed E-state index contributed by atoms with van der Waals surface area (Å²) in [7, 11) is 0. The summed E-state index contributed by atoms with van der Waals surface area (Å²) in [6, 6.07) is 5.55. The van der Waals surface area contributed by atoms with Gasteiger partial charge in [-0.05, 0) is 31.4 Å². The fourth-order valence-corrected chi connectivity index (χ4v) is 3.13. The van der Waals surface area contributed by atoms with E-state index in [-0.39, 0.29) is 24.2 Å². The normalized spacial score (nSPS) is 13.6. The Kier molecular flexibility index (Phi) is 5.25. The van der Waals surface area contributed by atoms with Gasteiger partial charge in [-0.15, -0.1) is 16.4 Å². The molecule has 2 N–H and O–H groups in total. The van der Waals surface area contributed by atoms with E-state index < -0.39 is 6.10 Å². The molecule has 0 bridgehead atoms. The van der Waals surface area contributed by atoms with Crippen molar-refractivity contribution < 1.29 is 9.90 Å². The van der Waals surface area contributed by atoms with Crippen molar-refractivity contribution in [1.29, 1.82) is 0 Å². The molecule has 9 heteroatoms. The lowest BCUT2D eigenvalue weighted by Gasteiger charge is -2.12. The Morgan fingerprint density at radius 2 is 2.20 bits per heavy atom. The van der Waals surface area contributed by atoms with E-state index >= 15 is 0 Å². The summed E-state index contributed by atoms with van der Waals surface area (Å²) < 4.78 is 3.26. The molecule has 1 amide bonds. The van der Waals surface area contributed by atoms with Crippen LogP contribution in [0, 0.1) is 6.92 Å². The van der Waals surface area contributed by atoms with Gasteiger partial charge in [0.2, 0.25) is 0 Å². The minimum atomic E-state index is -0.667. The summed E-state index contributed by atoms with van der Waals surface area (Å²) in [6.07, 6.45) is 2.75. The molecule has 3 aromatic rings. The molecule has 0 saturated heterocycles. The van der Waals surface area contributed by atoms with E-state index in [2.05, 4.69) is 20.7 Å². The van der Waals surface area contributed by atoms with Crippen LogP contribution in [0.5, 0.6) is 0 Å². The van der Waals surface area contributed by atoms with Gasteiger partial charge in [-0.2, -0.15) is 5.10 Å². The first-order chi connectivity index (χ1) is 12.0. The Hall–Kier alpha value is -2.52. The zero-order valence-corrected chi connectivity index (χ0v) is 14.8. The highest BCUT2D eigenvalue weighted by atomic mass is 32.1. The summed E-state index contributed by atoms with van der Waals surface area (Å²) in [5.74, 6) is -0.298. The van der Waals surface area contributed by atoms with Crippen molar-refractivity contribution in [2.45, 2.75) is 39.1 Å². The van der Waals surface area contributed by atoms with Gasteiger partial charge in [0.25, 0.3) is 5.91 Å². The van der Waals surface area contributed by atoms with E-state index in [1.165, 1.54) is 22.2 Å². The molecule has 0 saturated carbocycles. The monoisotopic (exact) mass is 360 g/mol. The summed E-state index contributed by atoms with van der Waals surface area (Å²) >= 11 is 1.48. The number of aromatic nitrogens is 5. The summed E-state index contributed by atoms with van der Waals surface area (Å²) in [5, 5.41) is 27.0. The number of amides is 1. The quantitative estimate of drug-likeness (QED) is 0.664. The van der Waals surface area contributed by atoms with Crippen LogP contribution in [0.2, 0.25) is 0 Å². The first-order valence-electron chi connectivity index (χ1n) is 7.94. The lowest BCUT2D eigenvalue weighted by molar-refractivity contribution is 0.0930. The van der Waals surface area contributed by atoms with Crippen LogP contribution >= 0.6 is 11.3 Å². The van der Waals surface area contributed by atoms with E-state index in [0.29, 0.717) is 6.54 Å². The van der Waals surface area contributed by atoms with Crippen molar-refractivity contribution in [3.8, 4) is 0 Å². The highest BCUT2D eigenvalue weighted by Gasteiger charge is 2.16. The third kappa shape index (κ3) is 4.52. The first kappa shape index (κ1) is 17.3. The fourth-order valence-electron chi connectivity index (χ4n) is 2.43. The number of hydrogen-bond acceptors (Lipinski definition) is 6. The Labute approximate surface area is 149 Å². The molecule has 132 valence electrons. The second-order valence-electron chi connectivity index (χ2n) is 5.91. The van der Waals surface area contributed by atoms with Gasteiger partial charge >= 0.3 is 0 Å². The van der Waals surface area contributed by atoms with Crippen LogP contribution in [0.3, 0.4) is 0 Å². The van der Waals surface area contributed by atoms with Crippen molar-refractivity contribution in [1.82, 2.24) is 30.1 Å². The Morgan fingerprint density at radius 1 is 1.36 bits per heavy atom. The number of hydrogen-bond donors (Lipinski definition) is 2. The van der Waals surface area contributed by atoms with E-state index in [1.54, 1.807) is 4.68 Å². The third-order valence-electron chi connectivity index (χ3n) is 3.62. The van der Waals surface area contributed by atoms with Gasteiger partial charge in [0.15, 0.2) is 5.69 Å². The second-order valence-corrected chi connectivity index (χ2v) is 6.89. The smallest absolute Gasteiger partial charge is 0.273 e. The van der Waals surface area contributed by atoms with Gasteiger partial charge < -0.3 is 10.4 Å². The van der Waals surface area contributed by atoms with Gasteiger partial charge in [0, 0.05) is 17.1 Å². The molecule has 0 unspecified atom stereocenters. The molecule has 0 radical (unpaired) electrons. The van der Waals surface area contributed by atoms with Crippen molar-refractivity contribution in [3.63, 3.8) is 0 Å². The predicted octanol–water partition coefficient (Wildman–Crippen LogP) is 1.40. The van der Waals surface area contributed by atoms with E-state index in [9.17, 15) is 9.90 Å². The van der Waals surface area contributed by atoms with Crippen molar-refractivity contribution in [2.75, 3.05) is 0 Å². The highest BCUT2D eigenvalue weighted by Crippen LogP contribution is 2.19. The molecular formula is C16H20N6O2S. The average molecular weight is 360 g/mol. The number of carbonyl (C=O) groups is 1. The van der Waals surface area contributed by atoms with Crippen LogP contribution in [0.1, 0.15) is 34.1 Å². The molecule has 0 aliphatic rings. The van der Waals surface area contributed by atoms with Gasteiger partial charge in [-0.1, -0.05) is 11.3 Å². The molecule has 0 aliphatic carbocycles. The van der Waals surface area contributed by atoms with Crippen molar-refractivity contribution >= 4 is 17.2 Å². The summed E-state index contributed by atoms with van der Waals surface area (Å²) in [6.45, 7) is 4.65. The molecule has 3 aromatic heterocycles. The zero-order chi connectivity index (χ0) is 17.8. The molecule has 3 heterocycles.